The molecule has 0 spiro atoms. The number of halogens is 2. The summed E-state index contributed by atoms with van der Waals surface area (Å²) < 4.78 is 24.3. The molecule has 1 rings (SSSR count). The number of hydrogen-bond donors (Lipinski definition) is 2. The summed E-state index contributed by atoms with van der Waals surface area (Å²) in [5.74, 6) is -0.770. The Hall–Kier alpha value is -0.000000000000000333. The van der Waals surface area contributed by atoms with Crippen LogP contribution in [0.2, 0.25) is 0 Å². The first-order chi connectivity index (χ1) is 7.33. The standard InChI is InChI=1S/C6H6Br2N2O4S2/c7-4-1-3(6(8)15-4)16(12,13)10-14-2-5(9)11/h1,10H,2H2,(H2,9,11). The number of carbonyl (C=O) groups is 1. The van der Waals surface area contributed by atoms with E-state index in [1.807, 2.05) is 0 Å². The lowest BCUT2D eigenvalue weighted by Gasteiger charge is -2.04. The number of nitrogens with one attached hydrogen (secondary N) is 1. The second-order valence-electron chi connectivity index (χ2n) is 2.53. The van der Waals surface area contributed by atoms with Crippen molar-refractivity contribution >= 4 is 59.1 Å². The third-order valence-corrected chi connectivity index (χ3v) is 5.27. The predicted molar refractivity (Wildman–Crippen MR) is 65.2 cm³/mol. The Kier molecular flexibility index (Phi) is 4.88. The molecule has 1 aromatic heterocycles. The maximum Gasteiger partial charge on any atom is 0.264 e. The van der Waals surface area contributed by atoms with Gasteiger partial charge in [0.2, 0.25) is 5.91 Å². The summed E-state index contributed by atoms with van der Waals surface area (Å²) in [5, 5.41) is 0. The van der Waals surface area contributed by atoms with Crippen LogP contribution in [0.1, 0.15) is 0 Å². The molecule has 0 saturated heterocycles. The van der Waals surface area contributed by atoms with Crippen LogP contribution in [-0.4, -0.2) is 20.9 Å². The van der Waals surface area contributed by atoms with Gasteiger partial charge in [-0.1, -0.05) is 4.89 Å². The van der Waals surface area contributed by atoms with Crippen molar-refractivity contribution in [2.75, 3.05) is 6.61 Å². The molecule has 90 valence electrons. The van der Waals surface area contributed by atoms with Gasteiger partial charge in [0.25, 0.3) is 10.0 Å². The fourth-order valence-corrected chi connectivity index (χ4v) is 5.35. The van der Waals surface area contributed by atoms with Gasteiger partial charge in [0.05, 0.1) is 7.57 Å². The quantitative estimate of drug-likeness (QED) is 0.728. The third-order valence-electron chi connectivity index (χ3n) is 1.30. The summed E-state index contributed by atoms with van der Waals surface area (Å²) in [6.07, 6.45) is 0. The molecule has 0 unspecified atom stereocenters. The molecule has 1 heterocycles. The smallest absolute Gasteiger partial charge is 0.264 e. The molecule has 1 amide bonds. The van der Waals surface area contributed by atoms with E-state index in [2.05, 4.69) is 36.7 Å². The van der Waals surface area contributed by atoms with Crippen molar-refractivity contribution < 1.29 is 18.0 Å². The molecule has 0 aliphatic carbocycles. The lowest BCUT2D eigenvalue weighted by Crippen LogP contribution is -2.29. The average Bonchev–Trinajstić information content (AvgIpc) is 2.44. The highest BCUT2D eigenvalue weighted by Crippen LogP contribution is 2.34. The van der Waals surface area contributed by atoms with Crippen LogP contribution in [0.15, 0.2) is 18.5 Å². The molecule has 0 atom stereocenters. The van der Waals surface area contributed by atoms with Crippen LogP contribution in [-0.2, 0) is 19.7 Å². The zero-order chi connectivity index (χ0) is 12.3. The Balaban J connectivity index is 2.78. The normalized spacial score (nSPS) is 11.6. The second kappa shape index (κ2) is 5.56. The molecule has 0 radical (unpaired) electrons. The van der Waals surface area contributed by atoms with Gasteiger partial charge in [-0.15, -0.1) is 11.3 Å². The van der Waals surface area contributed by atoms with Crippen molar-refractivity contribution in [1.82, 2.24) is 4.89 Å². The van der Waals surface area contributed by atoms with E-state index in [9.17, 15) is 13.2 Å². The van der Waals surface area contributed by atoms with E-state index in [1.54, 1.807) is 4.89 Å². The highest BCUT2D eigenvalue weighted by molar-refractivity contribution is 9.12. The van der Waals surface area contributed by atoms with Crippen LogP contribution in [0.4, 0.5) is 0 Å². The topological polar surface area (TPSA) is 98.5 Å². The largest absolute Gasteiger partial charge is 0.368 e. The molecule has 0 saturated carbocycles. The second-order valence-corrected chi connectivity index (χ2v) is 7.89. The molecular weight excluding hydrogens is 388 g/mol. The van der Waals surface area contributed by atoms with Crippen LogP contribution in [0, 0.1) is 0 Å². The molecule has 0 bridgehead atoms. The molecule has 0 aromatic carbocycles. The van der Waals surface area contributed by atoms with Gasteiger partial charge in [-0.05, 0) is 37.9 Å². The number of sulfonamides is 1. The SMILES string of the molecule is NC(=O)CONS(=O)(=O)c1cc(Br)sc1Br. The molecule has 0 aliphatic rings. The Morgan fingerprint density at radius 3 is 2.62 bits per heavy atom. The van der Waals surface area contributed by atoms with Gasteiger partial charge in [-0.3, -0.25) is 9.63 Å². The highest BCUT2D eigenvalue weighted by atomic mass is 79.9. The van der Waals surface area contributed by atoms with Crippen LogP contribution in [0.3, 0.4) is 0 Å². The van der Waals surface area contributed by atoms with E-state index in [1.165, 1.54) is 17.4 Å². The van der Waals surface area contributed by atoms with Gasteiger partial charge in [-0.2, -0.15) is 0 Å². The number of hydrogen-bond acceptors (Lipinski definition) is 5. The predicted octanol–water partition coefficient (Wildman–Crippen LogP) is 0.968. The fraction of sp³-hybridized carbons (Fsp3) is 0.167. The van der Waals surface area contributed by atoms with Gasteiger partial charge >= 0.3 is 0 Å². The number of carbonyl (C=O) groups excluding carboxylic acids is 1. The van der Waals surface area contributed by atoms with Crippen molar-refractivity contribution in [2.45, 2.75) is 4.90 Å². The molecule has 10 heteroatoms. The molecule has 0 fully saturated rings. The summed E-state index contributed by atoms with van der Waals surface area (Å²) in [5.41, 5.74) is 4.78. The molecule has 3 N–H and O–H groups in total. The monoisotopic (exact) mass is 392 g/mol. The zero-order valence-electron chi connectivity index (χ0n) is 7.57. The van der Waals surface area contributed by atoms with Crippen molar-refractivity contribution in [3.8, 4) is 0 Å². The Bertz CT molecular complexity index is 499. The van der Waals surface area contributed by atoms with Gasteiger partial charge in [0.1, 0.15) is 11.5 Å². The molecule has 16 heavy (non-hydrogen) atoms. The molecular formula is C6H6Br2N2O4S2. The van der Waals surface area contributed by atoms with E-state index in [-0.39, 0.29) is 4.90 Å². The van der Waals surface area contributed by atoms with E-state index in [4.69, 9.17) is 5.73 Å². The number of thiophene rings is 1. The molecule has 6 nitrogen and oxygen atoms in total. The molecule has 0 aliphatic heterocycles. The van der Waals surface area contributed by atoms with Gasteiger partial charge in [0.15, 0.2) is 0 Å². The average molecular weight is 394 g/mol. The summed E-state index contributed by atoms with van der Waals surface area (Å²) >= 11 is 7.45. The van der Waals surface area contributed by atoms with Crippen LogP contribution in [0.5, 0.6) is 0 Å². The first kappa shape index (κ1) is 14.1. The summed E-state index contributed by atoms with van der Waals surface area (Å²) in [7, 11) is -3.81. The Morgan fingerprint density at radius 2 is 2.19 bits per heavy atom. The number of primary amides is 1. The van der Waals surface area contributed by atoms with Crippen LogP contribution >= 0.6 is 43.2 Å². The van der Waals surface area contributed by atoms with E-state index in [0.29, 0.717) is 7.57 Å². The Morgan fingerprint density at radius 1 is 1.56 bits per heavy atom. The third kappa shape index (κ3) is 3.79. The van der Waals surface area contributed by atoms with Crippen LogP contribution < -0.4 is 10.6 Å². The minimum absolute atomic E-state index is 0.0221. The molecule has 1 aromatic rings. The van der Waals surface area contributed by atoms with Crippen molar-refractivity contribution in [1.29, 1.82) is 0 Å². The van der Waals surface area contributed by atoms with Crippen molar-refractivity contribution in [3.63, 3.8) is 0 Å². The summed E-state index contributed by atoms with van der Waals surface area (Å²) in [6.45, 7) is -0.526. The minimum Gasteiger partial charge on any atom is -0.368 e. The number of rotatable bonds is 5. The van der Waals surface area contributed by atoms with E-state index in [0.717, 1.165) is 0 Å². The van der Waals surface area contributed by atoms with Gasteiger partial charge in [-0.25, -0.2) is 8.42 Å². The lowest BCUT2D eigenvalue weighted by atomic mass is 10.7. The van der Waals surface area contributed by atoms with Crippen LogP contribution in [0.25, 0.3) is 0 Å². The van der Waals surface area contributed by atoms with Crippen molar-refractivity contribution in [2.24, 2.45) is 5.73 Å². The van der Waals surface area contributed by atoms with E-state index < -0.39 is 22.5 Å². The number of nitrogens with two attached hydrogens (primary N) is 1. The first-order valence-electron chi connectivity index (χ1n) is 3.69. The summed E-state index contributed by atoms with van der Waals surface area (Å²) in [4.78, 5) is 16.6. The Labute approximate surface area is 112 Å². The van der Waals surface area contributed by atoms with Gasteiger partial charge in [0, 0.05) is 0 Å². The maximum atomic E-state index is 11.6. The lowest BCUT2D eigenvalue weighted by molar-refractivity contribution is -0.123. The van der Waals surface area contributed by atoms with Crippen molar-refractivity contribution in [3.05, 3.63) is 13.6 Å². The van der Waals surface area contributed by atoms with E-state index >= 15 is 0 Å². The minimum atomic E-state index is -3.81. The van der Waals surface area contributed by atoms with Gasteiger partial charge < -0.3 is 5.73 Å². The number of amides is 1. The highest BCUT2D eigenvalue weighted by Gasteiger charge is 2.20. The zero-order valence-corrected chi connectivity index (χ0v) is 12.4. The maximum absolute atomic E-state index is 11.6. The first-order valence-corrected chi connectivity index (χ1v) is 7.58. The summed E-state index contributed by atoms with van der Waals surface area (Å²) in [6, 6.07) is 1.41. The fourth-order valence-electron chi connectivity index (χ4n) is 0.731.